The lowest BCUT2D eigenvalue weighted by Crippen LogP contribution is -2.28. The molecule has 0 saturated carbocycles. The van der Waals surface area contributed by atoms with Crippen LogP contribution < -0.4 is 5.32 Å². The van der Waals surface area contributed by atoms with E-state index in [1.807, 2.05) is 67.4 Å². The third-order valence-electron chi connectivity index (χ3n) is 3.90. The first-order chi connectivity index (χ1) is 11.5. The van der Waals surface area contributed by atoms with E-state index in [1.165, 1.54) is 0 Å². The Kier molecular flexibility index (Phi) is 4.76. The first-order valence-corrected chi connectivity index (χ1v) is 8.73. The average molecular weight is 340 g/mol. The van der Waals surface area contributed by atoms with Crippen molar-refractivity contribution in [3.8, 4) is 5.69 Å². The Balaban J connectivity index is 1.70. The number of aryl methyl sites for hydroxylation is 1. The molecule has 2 heterocycles. The van der Waals surface area contributed by atoms with Crippen LogP contribution >= 0.6 is 11.3 Å². The van der Waals surface area contributed by atoms with Crippen LogP contribution in [0, 0.1) is 13.8 Å². The Morgan fingerprint density at radius 2 is 2.04 bits per heavy atom. The topological polar surface area (TPSA) is 59.8 Å². The van der Waals surface area contributed by atoms with Crippen molar-refractivity contribution in [1.82, 2.24) is 20.1 Å². The largest absolute Gasteiger partial charge is 0.349 e. The smallest absolute Gasteiger partial charge is 0.226 e. The first-order valence-electron chi connectivity index (χ1n) is 7.85. The van der Waals surface area contributed by atoms with Crippen LogP contribution in [0.1, 0.15) is 34.9 Å². The van der Waals surface area contributed by atoms with Crippen LogP contribution in [0.2, 0.25) is 0 Å². The summed E-state index contributed by atoms with van der Waals surface area (Å²) in [6.45, 7) is 5.93. The number of amides is 1. The number of para-hydroxylation sites is 1. The number of thiazole rings is 1. The SMILES string of the molecule is Cc1nc(CC(=O)N[C@@H](C)c2cnn(-c3ccccc3)c2C)cs1. The van der Waals surface area contributed by atoms with Gasteiger partial charge in [-0.1, -0.05) is 18.2 Å². The van der Waals surface area contributed by atoms with Crippen LogP contribution in [-0.4, -0.2) is 20.7 Å². The highest BCUT2D eigenvalue weighted by molar-refractivity contribution is 7.09. The van der Waals surface area contributed by atoms with E-state index in [4.69, 9.17) is 0 Å². The number of carbonyl (C=O) groups excluding carboxylic acids is 1. The van der Waals surface area contributed by atoms with E-state index < -0.39 is 0 Å². The second kappa shape index (κ2) is 6.97. The van der Waals surface area contributed by atoms with Gasteiger partial charge in [0.25, 0.3) is 0 Å². The fourth-order valence-electron chi connectivity index (χ4n) is 2.70. The van der Waals surface area contributed by atoms with E-state index in [0.717, 1.165) is 27.6 Å². The van der Waals surface area contributed by atoms with Crippen LogP contribution in [0.4, 0.5) is 0 Å². The fourth-order valence-corrected chi connectivity index (χ4v) is 3.31. The minimum Gasteiger partial charge on any atom is -0.349 e. The number of carbonyl (C=O) groups is 1. The highest BCUT2D eigenvalue weighted by Gasteiger charge is 2.17. The molecule has 0 unspecified atom stereocenters. The molecule has 1 aromatic carbocycles. The maximum Gasteiger partial charge on any atom is 0.226 e. The van der Waals surface area contributed by atoms with E-state index in [1.54, 1.807) is 11.3 Å². The second-order valence-corrected chi connectivity index (χ2v) is 6.82. The molecule has 1 atom stereocenters. The number of benzene rings is 1. The van der Waals surface area contributed by atoms with Crippen LogP contribution in [0.3, 0.4) is 0 Å². The monoisotopic (exact) mass is 340 g/mol. The highest BCUT2D eigenvalue weighted by Crippen LogP contribution is 2.20. The van der Waals surface area contributed by atoms with Crippen molar-refractivity contribution in [3.05, 3.63) is 63.9 Å². The van der Waals surface area contributed by atoms with Crippen molar-refractivity contribution in [2.75, 3.05) is 0 Å². The molecule has 0 fully saturated rings. The quantitative estimate of drug-likeness (QED) is 0.775. The summed E-state index contributed by atoms with van der Waals surface area (Å²) in [7, 11) is 0. The molecule has 3 aromatic rings. The normalized spacial score (nSPS) is 12.1. The summed E-state index contributed by atoms with van der Waals surface area (Å²) in [4.78, 5) is 16.6. The lowest BCUT2D eigenvalue weighted by Gasteiger charge is -2.14. The maximum atomic E-state index is 12.2. The van der Waals surface area contributed by atoms with Gasteiger partial charge in [-0.05, 0) is 32.9 Å². The lowest BCUT2D eigenvalue weighted by atomic mass is 10.1. The molecule has 124 valence electrons. The zero-order chi connectivity index (χ0) is 17.1. The summed E-state index contributed by atoms with van der Waals surface area (Å²) >= 11 is 1.56. The van der Waals surface area contributed by atoms with Gasteiger partial charge in [0.05, 0.1) is 35.0 Å². The molecule has 0 radical (unpaired) electrons. The number of hydrogen-bond acceptors (Lipinski definition) is 4. The van der Waals surface area contributed by atoms with E-state index >= 15 is 0 Å². The zero-order valence-electron chi connectivity index (χ0n) is 14.0. The predicted molar refractivity (Wildman–Crippen MR) is 95.4 cm³/mol. The number of aromatic nitrogens is 3. The van der Waals surface area contributed by atoms with Crippen LogP contribution in [0.15, 0.2) is 41.9 Å². The van der Waals surface area contributed by atoms with Gasteiger partial charge in [-0.3, -0.25) is 4.79 Å². The van der Waals surface area contributed by atoms with Gasteiger partial charge in [-0.15, -0.1) is 11.3 Å². The standard InChI is InChI=1S/C18H20N4OS/c1-12(20-18(23)9-15-11-24-14(3)21-15)17-10-19-22(13(17)2)16-7-5-4-6-8-16/h4-8,10-12H,9H2,1-3H3,(H,20,23)/t12-/m0/s1. The summed E-state index contributed by atoms with van der Waals surface area (Å²) in [5, 5.41) is 10.4. The van der Waals surface area contributed by atoms with Crippen molar-refractivity contribution in [2.24, 2.45) is 0 Å². The molecule has 0 spiro atoms. The van der Waals surface area contributed by atoms with Crippen molar-refractivity contribution in [1.29, 1.82) is 0 Å². The summed E-state index contributed by atoms with van der Waals surface area (Å²) < 4.78 is 1.89. The number of rotatable bonds is 5. The maximum absolute atomic E-state index is 12.2. The highest BCUT2D eigenvalue weighted by atomic mass is 32.1. The van der Waals surface area contributed by atoms with E-state index in [-0.39, 0.29) is 11.9 Å². The van der Waals surface area contributed by atoms with Crippen LogP contribution in [-0.2, 0) is 11.2 Å². The van der Waals surface area contributed by atoms with E-state index in [2.05, 4.69) is 15.4 Å². The van der Waals surface area contributed by atoms with Crippen molar-refractivity contribution in [2.45, 2.75) is 33.2 Å². The Labute approximate surface area is 145 Å². The zero-order valence-corrected chi connectivity index (χ0v) is 14.8. The lowest BCUT2D eigenvalue weighted by molar-refractivity contribution is -0.121. The van der Waals surface area contributed by atoms with Gasteiger partial charge < -0.3 is 5.32 Å². The molecule has 0 aliphatic heterocycles. The van der Waals surface area contributed by atoms with Gasteiger partial charge in [0.15, 0.2) is 0 Å². The van der Waals surface area contributed by atoms with E-state index in [9.17, 15) is 4.79 Å². The van der Waals surface area contributed by atoms with Gasteiger partial charge >= 0.3 is 0 Å². The molecule has 24 heavy (non-hydrogen) atoms. The Morgan fingerprint density at radius 3 is 2.71 bits per heavy atom. The molecule has 0 bridgehead atoms. The Bertz CT molecular complexity index is 838. The molecular weight excluding hydrogens is 320 g/mol. The molecular formula is C18H20N4OS. The summed E-state index contributed by atoms with van der Waals surface area (Å²) in [5.74, 6) is -0.0281. The molecule has 0 saturated heterocycles. The fraction of sp³-hybridized carbons (Fsp3) is 0.278. The molecule has 1 N–H and O–H groups in total. The van der Waals surface area contributed by atoms with Gasteiger partial charge in [0, 0.05) is 16.6 Å². The van der Waals surface area contributed by atoms with Crippen LogP contribution in [0.5, 0.6) is 0 Å². The predicted octanol–water partition coefficient (Wildman–Crippen LogP) is 3.37. The molecule has 2 aromatic heterocycles. The van der Waals surface area contributed by atoms with Gasteiger partial charge in [0.1, 0.15) is 0 Å². The summed E-state index contributed by atoms with van der Waals surface area (Å²) in [6, 6.07) is 9.87. The number of nitrogens with zero attached hydrogens (tertiary/aromatic N) is 3. The second-order valence-electron chi connectivity index (χ2n) is 5.76. The van der Waals surface area contributed by atoms with Crippen molar-refractivity contribution >= 4 is 17.2 Å². The number of hydrogen-bond donors (Lipinski definition) is 1. The minimum absolute atomic E-state index is 0.0281. The molecule has 0 aliphatic carbocycles. The Hall–Kier alpha value is -2.47. The van der Waals surface area contributed by atoms with Crippen molar-refractivity contribution in [3.63, 3.8) is 0 Å². The third kappa shape index (κ3) is 3.54. The average Bonchev–Trinajstić information content (AvgIpc) is 3.13. The molecule has 1 amide bonds. The molecule has 0 aliphatic rings. The molecule has 3 rings (SSSR count). The number of nitrogens with one attached hydrogen (secondary N) is 1. The molecule has 5 nitrogen and oxygen atoms in total. The van der Waals surface area contributed by atoms with Crippen molar-refractivity contribution < 1.29 is 4.79 Å². The van der Waals surface area contributed by atoms with Gasteiger partial charge in [0.2, 0.25) is 5.91 Å². The van der Waals surface area contributed by atoms with Gasteiger partial charge in [-0.2, -0.15) is 5.10 Å². The summed E-state index contributed by atoms with van der Waals surface area (Å²) in [5.41, 5.74) is 3.87. The molecule has 6 heteroatoms. The minimum atomic E-state index is -0.102. The van der Waals surface area contributed by atoms with Crippen LogP contribution in [0.25, 0.3) is 5.69 Å². The Morgan fingerprint density at radius 1 is 1.29 bits per heavy atom. The summed E-state index contributed by atoms with van der Waals surface area (Å²) in [6.07, 6.45) is 2.13. The first kappa shape index (κ1) is 16.4. The van der Waals surface area contributed by atoms with Gasteiger partial charge in [-0.25, -0.2) is 9.67 Å². The third-order valence-corrected chi connectivity index (χ3v) is 4.72. The van der Waals surface area contributed by atoms with E-state index in [0.29, 0.717) is 6.42 Å².